The van der Waals surface area contributed by atoms with Gasteiger partial charge in [0.25, 0.3) is 0 Å². The number of aromatic nitrogens is 1. The molecule has 1 aromatic carbocycles. The standard InChI is InChI=1S/C14H10NO.Ir/c1-10-2-4-11(5-3-10)14-12-7-9-16-13(12)6-8-15-14;/h2-4,6-9H,1H3;/q-1;. The number of rotatable bonds is 1. The zero-order valence-corrected chi connectivity index (χ0v) is 11.6. The first-order chi connectivity index (χ1) is 7.84. The van der Waals surface area contributed by atoms with Gasteiger partial charge in [0.1, 0.15) is 5.58 Å². The van der Waals surface area contributed by atoms with Gasteiger partial charge in [-0.05, 0) is 17.8 Å². The molecule has 0 unspecified atom stereocenters. The van der Waals surface area contributed by atoms with E-state index in [-0.39, 0.29) is 20.1 Å². The van der Waals surface area contributed by atoms with Crippen molar-refractivity contribution in [2.45, 2.75) is 6.92 Å². The molecule has 0 saturated heterocycles. The number of benzene rings is 1. The first-order valence-electron chi connectivity index (χ1n) is 5.15. The largest absolute Gasteiger partial charge is 0.465 e. The predicted molar refractivity (Wildman–Crippen MR) is 63.0 cm³/mol. The van der Waals surface area contributed by atoms with E-state index in [9.17, 15) is 0 Å². The minimum Gasteiger partial charge on any atom is -0.465 e. The number of hydrogen-bond donors (Lipinski definition) is 0. The Balaban J connectivity index is 0.00000108. The molecule has 3 aromatic rings. The number of furan rings is 1. The van der Waals surface area contributed by atoms with Crippen molar-refractivity contribution in [2.75, 3.05) is 0 Å². The van der Waals surface area contributed by atoms with Gasteiger partial charge >= 0.3 is 0 Å². The molecule has 0 N–H and O–H groups in total. The Bertz CT molecular complexity index is 628. The first-order valence-corrected chi connectivity index (χ1v) is 5.15. The van der Waals surface area contributed by atoms with E-state index in [1.807, 2.05) is 31.2 Å². The Morgan fingerprint density at radius 1 is 1.18 bits per heavy atom. The molecule has 0 spiro atoms. The molecule has 0 aliphatic rings. The second kappa shape index (κ2) is 4.82. The molecule has 0 bridgehead atoms. The summed E-state index contributed by atoms with van der Waals surface area (Å²) in [6, 6.07) is 13.1. The molecule has 0 atom stereocenters. The van der Waals surface area contributed by atoms with E-state index in [1.54, 1.807) is 12.5 Å². The molecule has 3 rings (SSSR count). The van der Waals surface area contributed by atoms with Crippen molar-refractivity contribution in [2.24, 2.45) is 0 Å². The average molecular weight is 400 g/mol. The van der Waals surface area contributed by atoms with Gasteiger partial charge in [0.2, 0.25) is 0 Å². The van der Waals surface area contributed by atoms with E-state index in [2.05, 4.69) is 17.1 Å². The van der Waals surface area contributed by atoms with Gasteiger partial charge in [-0.15, -0.1) is 35.4 Å². The van der Waals surface area contributed by atoms with Gasteiger partial charge in [-0.3, -0.25) is 0 Å². The van der Waals surface area contributed by atoms with Gasteiger partial charge in [0, 0.05) is 31.7 Å². The van der Waals surface area contributed by atoms with E-state index in [1.165, 1.54) is 5.56 Å². The zero-order chi connectivity index (χ0) is 11.0. The van der Waals surface area contributed by atoms with Crippen LogP contribution in [0.15, 0.2) is 47.2 Å². The van der Waals surface area contributed by atoms with Gasteiger partial charge in [-0.1, -0.05) is 6.92 Å². The molecular formula is C14H10IrNO-. The minimum absolute atomic E-state index is 0. The third-order valence-corrected chi connectivity index (χ3v) is 2.60. The van der Waals surface area contributed by atoms with Crippen LogP contribution in [0.25, 0.3) is 22.2 Å². The predicted octanol–water partition coefficient (Wildman–Crippen LogP) is 3.60. The molecule has 0 amide bonds. The monoisotopic (exact) mass is 401 g/mol. The second-order valence-electron chi connectivity index (χ2n) is 3.77. The summed E-state index contributed by atoms with van der Waals surface area (Å²) in [7, 11) is 0. The molecule has 0 fully saturated rings. The number of fused-ring (bicyclic) bond motifs is 1. The van der Waals surface area contributed by atoms with Crippen molar-refractivity contribution in [3.63, 3.8) is 0 Å². The van der Waals surface area contributed by atoms with Gasteiger partial charge in [0.05, 0.1) is 6.26 Å². The molecule has 3 heteroatoms. The van der Waals surface area contributed by atoms with E-state index in [4.69, 9.17) is 4.42 Å². The fourth-order valence-corrected chi connectivity index (χ4v) is 1.76. The molecule has 2 nitrogen and oxygen atoms in total. The molecule has 2 heterocycles. The van der Waals surface area contributed by atoms with Gasteiger partial charge in [0.15, 0.2) is 0 Å². The van der Waals surface area contributed by atoms with Crippen LogP contribution in [-0.2, 0) is 20.1 Å². The summed E-state index contributed by atoms with van der Waals surface area (Å²) in [4.78, 5) is 4.39. The maximum atomic E-state index is 5.35. The van der Waals surface area contributed by atoms with Gasteiger partial charge < -0.3 is 9.40 Å². The fourth-order valence-electron chi connectivity index (χ4n) is 1.76. The van der Waals surface area contributed by atoms with E-state index in [0.29, 0.717) is 0 Å². The van der Waals surface area contributed by atoms with Crippen molar-refractivity contribution in [3.8, 4) is 11.3 Å². The average Bonchev–Trinajstić information content (AvgIpc) is 2.78. The Labute approximate surface area is 113 Å². The van der Waals surface area contributed by atoms with Crippen molar-refractivity contribution in [3.05, 3.63) is 54.4 Å². The van der Waals surface area contributed by atoms with Crippen LogP contribution < -0.4 is 0 Å². The summed E-state index contributed by atoms with van der Waals surface area (Å²) in [5.41, 5.74) is 3.98. The van der Waals surface area contributed by atoms with Crippen molar-refractivity contribution in [1.82, 2.24) is 4.98 Å². The van der Waals surface area contributed by atoms with E-state index in [0.717, 1.165) is 22.2 Å². The van der Waals surface area contributed by atoms with Crippen LogP contribution in [0.4, 0.5) is 0 Å². The minimum atomic E-state index is 0. The fraction of sp³-hybridized carbons (Fsp3) is 0.0714. The van der Waals surface area contributed by atoms with Crippen LogP contribution in [0.3, 0.4) is 0 Å². The van der Waals surface area contributed by atoms with Gasteiger partial charge in [-0.25, -0.2) is 0 Å². The third-order valence-electron chi connectivity index (χ3n) is 2.60. The van der Waals surface area contributed by atoms with Crippen molar-refractivity contribution < 1.29 is 24.5 Å². The van der Waals surface area contributed by atoms with Crippen molar-refractivity contribution in [1.29, 1.82) is 0 Å². The number of hydrogen-bond acceptors (Lipinski definition) is 2. The Morgan fingerprint density at radius 2 is 2.06 bits per heavy atom. The zero-order valence-electron chi connectivity index (χ0n) is 9.23. The normalized spacial score (nSPS) is 10.2. The first kappa shape index (κ1) is 12.0. The molecular weight excluding hydrogens is 390 g/mol. The summed E-state index contributed by atoms with van der Waals surface area (Å²) in [5.74, 6) is 0. The van der Waals surface area contributed by atoms with Crippen LogP contribution in [-0.4, -0.2) is 4.98 Å². The molecule has 17 heavy (non-hydrogen) atoms. The summed E-state index contributed by atoms with van der Waals surface area (Å²) in [6.07, 6.45) is 3.44. The maximum absolute atomic E-state index is 5.35. The smallest absolute Gasteiger partial charge is 0.128 e. The summed E-state index contributed by atoms with van der Waals surface area (Å²) in [5, 5.41) is 1.03. The van der Waals surface area contributed by atoms with Crippen LogP contribution in [0.1, 0.15) is 5.56 Å². The Kier molecular flexibility index (Phi) is 3.41. The molecule has 2 aromatic heterocycles. The van der Waals surface area contributed by atoms with Crippen LogP contribution >= 0.6 is 0 Å². The molecule has 0 aliphatic heterocycles. The molecule has 0 aliphatic carbocycles. The van der Waals surface area contributed by atoms with Crippen LogP contribution in [0, 0.1) is 13.0 Å². The number of pyridine rings is 1. The van der Waals surface area contributed by atoms with Crippen LogP contribution in [0.5, 0.6) is 0 Å². The number of nitrogens with zero attached hydrogens (tertiary/aromatic N) is 1. The maximum Gasteiger partial charge on any atom is 0.128 e. The van der Waals surface area contributed by atoms with E-state index < -0.39 is 0 Å². The molecule has 1 radical (unpaired) electrons. The Hall–Kier alpha value is -1.44. The summed E-state index contributed by atoms with van der Waals surface area (Å²) < 4.78 is 5.35. The topological polar surface area (TPSA) is 26.0 Å². The molecule has 87 valence electrons. The Morgan fingerprint density at radius 3 is 2.82 bits per heavy atom. The quantitative estimate of drug-likeness (QED) is 0.584. The van der Waals surface area contributed by atoms with E-state index >= 15 is 0 Å². The van der Waals surface area contributed by atoms with Crippen LogP contribution in [0.2, 0.25) is 0 Å². The summed E-state index contributed by atoms with van der Waals surface area (Å²) >= 11 is 0. The second-order valence-corrected chi connectivity index (χ2v) is 3.77. The third kappa shape index (κ3) is 2.17. The number of aryl methyl sites for hydroxylation is 1. The van der Waals surface area contributed by atoms with Crippen molar-refractivity contribution >= 4 is 11.0 Å². The summed E-state index contributed by atoms with van der Waals surface area (Å²) in [6.45, 7) is 2.05. The SMILES string of the molecule is Cc1c[c-]c(-c2nccc3occc23)cc1.[Ir]. The molecule has 0 saturated carbocycles. The van der Waals surface area contributed by atoms with Gasteiger partial charge in [-0.2, -0.15) is 0 Å².